The number of nitrogens with one attached hydrogen (secondary N) is 1. The summed E-state index contributed by atoms with van der Waals surface area (Å²) in [6.07, 6.45) is 0. The number of benzene rings is 1. The Morgan fingerprint density at radius 3 is 2.58 bits per heavy atom. The fourth-order valence-electron chi connectivity index (χ4n) is 1.92. The molecule has 0 aliphatic carbocycles. The molecule has 0 heterocycles. The molecule has 1 N–H and O–H groups in total. The van der Waals surface area contributed by atoms with Gasteiger partial charge in [-0.1, -0.05) is 45.8 Å². The van der Waals surface area contributed by atoms with Crippen molar-refractivity contribution in [2.75, 3.05) is 44.8 Å². The highest BCUT2D eigenvalue weighted by atomic mass is 127. The van der Waals surface area contributed by atoms with E-state index in [9.17, 15) is 0 Å². The molecule has 0 aromatic heterocycles. The molecule has 0 aliphatic heterocycles. The molecular formula is C16H24Cl2IN3OS. The first kappa shape index (κ1) is 22.0. The summed E-state index contributed by atoms with van der Waals surface area (Å²) in [5, 5.41) is 5.09. The van der Waals surface area contributed by atoms with Gasteiger partial charge >= 0.3 is 0 Å². The van der Waals surface area contributed by atoms with E-state index in [1.165, 1.54) is 0 Å². The molecule has 1 rings (SSSR count). The fourth-order valence-corrected chi connectivity index (χ4v) is 3.06. The quantitative estimate of drug-likeness (QED) is 0.313. The van der Waals surface area contributed by atoms with E-state index in [4.69, 9.17) is 40.2 Å². The Hall–Kier alpha value is -0.0200. The van der Waals surface area contributed by atoms with Gasteiger partial charge in [0.2, 0.25) is 0 Å². The second kappa shape index (κ2) is 11.6. The molecule has 1 aromatic rings. The van der Waals surface area contributed by atoms with Crippen molar-refractivity contribution < 1.29 is 4.74 Å². The van der Waals surface area contributed by atoms with Gasteiger partial charge in [-0.2, -0.15) is 0 Å². The van der Waals surface area contributed by atoms with Gasteiger partial charge in [0.05, 0.1) is 16.6 Å². The lowest BCUT2D eigenvalue weighted by Gasteiger charge is -2.31. The third-order valence-corrected chi connectivity index (χ3v) is 5.74. The van der Waals surface area contributed by atoms with Crippen LogP contribution in [0.2, 0.25) is 10.0 Å². The third-order valence-electron chi connectivity index (χ3n) is 3.34. The van der Waals surface area contributed by atoms with Crippen molar-refractivity contribution in [2.24, 2.45) is 0 Å². The van der Waals surface area contributed by atoms with Crippen LogP contribution in [-0.4, -0.2) is 65.7 Å². The Morgan fingerprint density at radius 2 is 2.00 bits per heavy atom. The van der Waals surface area contributed by atoms with Crippen molar-refractivity contribution in [3.63, 3.8) is 0 Å². The summed E-state index contributed by atoms with van der Waals surface area (Å²) >= 11 is 19.8. The third kappa shape index (κ3) is 7.91. The summed E-state index contributed by atoms with van der Waals surface area (Å²) in [7, 11) is 4.09. The molecule has 24 heavy (non-hydrogen) atoms. The summed E-state index contributed by atoms with van der Waals surface area (Å²) in [5.41, 5.74) is 0. The highest BCUT2D eigenvalue weighted by Gasteiger charge is 2.16. The van der Waals surface area contributed by atoms with Gasteiger partial charge < -0.3 is 19.9 Å². The maximum Gasteiger partial charge on any atom is 0.169 e. The summed E-state index contributed by atoms with van der Waals surface area (Å²) < 4.78 is 6.76. The van der Waals surface area contributed by atoms with E-state index in [1.807, 2.05) is 20.2 Å². The molecular weight excluding hydrogens is 480 g/mol. The van der Waals surface area contributed by atoms with Crippen molar-refractivity contribution in [2.45, 2.75) is 13.0 Å². The smallest absolute Gasteiger partial charge is 0.169 e. The molecule has 0 aliphatic rings. The summed E-state index contributed by atoms with van der Waals surface area (Å²) in [6, 6.07) is 5.61. The second-order valence-corrected chi connectivity index (χ2v) is 7.74. The molecule has 0 bridgehead atoms. The first-order chi connectivity index (χ1) is 11.3. The van der Waals surface area contributed by atoms with Crippen LogP contribution >= 0.6 is 58.0 Å². The van der Waals surface area contributed by atoms with Crippen LogP contribution in [0.5, 0.6) is 5.75 Å². The molecule has 0 spiro atoms. The number of hydrogen-bond donors (Lipinski definition) is 1. The van der Waals surface area contributed by atoms with Gasteiger partial charge in [-0.05, 0) is 45.4 Å². The number of likely N-dealkylation sites (N-methyl/N-ethyl adjacent to an activating group) is 1. The van der Waals surface area contributed by atoms with Crippen LogP contribution in [-0.2, 0) is 0 Å². The minimum absolute atomic E-state index is 0.336. The van der Waals surface area contributed by atoms with E-state index in [0.29, 0.717) is 35.0 Å². The van der Waals surface area contributed by atoms with Crippen LogP contribution < -0.4 is 10.1 Å². The highest BCUT2D eigenvalue weighted by molar-refractivity contribution is 14.1. The van der Waals surface area contributed by atoms with E-state index in [1.54, 1.807) is 12.1 Å². The van der Waals surface area contributed by atoms with Gasteiger partial charge in [0.1, 0.15) is 12.4 Å². The summed E-state index contributed by atoms with van der Waals surface area (Å²) in [6.45, 7) is 5.15. The van der Waals surface area contributed by atoms with Crippen LogP contribution in [0, 0.1) is 0 Å². The molecule has 136 valence electrons. The zero-order chi connectivity index (χ0) is 18.1. The second-order valence-electron chi connectivity index (χ2n) is 5.66. The van der Waals surface area contributed by atoms with Crippen LogP contribution in [0.1, 0.15) is 6.92 Å². The molecule has 8 heteroatoms. The number of halogens is 3. The summed E-state index contributed by atoms with van der Waals surface area (Å²) in [4.78, 5) is 4.28. The number of alkyl halides is 1. The first-order valence-electron chi connectivity index (χ1n) is 7.68. The SMILES string of the molecule is CC(CI)N(CCOc1ccc(Cl)c(Cl)c1)C(=S)NCCN(C)C. The van der Waals surface area contributed by atoms with E-state index in [-0.39, 0.29) is 0 Å². The average Bonchev–Trinajstić information content (AvgIpc) is 2.53. The maximum atomic E-state index is 6.00. The van der Waals surface area contributed by atoms with E-state index in [2.05, 4.69) is 44.6 Å². The minimum atomic E-state index is 0.336. The maximum absolute atomic E-state index is 6.00. The van der Waals surface area contributed by atoms with Gasteiger partial charge in [0, 0.05) is 29.6 Å². The Balaban J connectivity index is 2.53. The van der Waals surface area contributed by atoms with Crippen molar-refractivity contribution in [1.29, 1.82) is 0 Å². The first-order valence-corrected chi connectivity index (χ1v) is 10.4. The molecule has 0 amide bonds. The van der Waals surface area contributed by atoms with E-state index in [0.717, 1.165) is 22.6 Å². The molecule has 4 nitrogen and oxygen atoms in total. The van der Waals surface area contributed by atoms with Gasteiger partial charge in [0.25, 0.3) is 0 Å². The van der Waals surface area contributed by atoms with Crippen molar-refractivity contribution in [3.05, 3.63) is 28.2 Å². The Kier molecular flexibility index (Phi) is 10.6. The average molecular weight is 504 g/mol. The zero-order valence-electron chi connectivity index (χ0n) is 14.2. The Labute approximate surface area is 173 Å². The monoisotopic (exact) mass is 503 g/mol. The van der Waals surface area contributed by atoms with Crippen LogP contribution in [0.15, 0.2) is 18.2 Å². The van der Waals surface area contributed by atoms with E-state index >= 15 is 0 Å². The minimum Gasteiger partial charge on any atom is -0.492 e. The topological polar surface area (TPSA) is 27.7 Å². The largest absolute Gasteiger partial charge is 0.492 e. The lowest BCUT2D eigenvalue weighted by molar-refractivity contribution is 0.247. The van der Waals surface area contributed by atoms with Gasteiger partial charge in [0.15, 0.2) is 5.11 Å². The lowest BCUT2D eigenvalue weighted by atomic mass is 10.3. The number of thiocarbonyl (C=S) groups is 1. The van der Waals surface area contributed by atoms with Crippen molar-refractivity contribution in [3.8, 4) is 5.75 Å². The fraction of sp³-hybridized carbons (Fsp3) is 0.562. The normalized spacial score (nSPS) is 12.1. The molecule has 0 saturated heterocycles. The summed E-state index contributed by atoms with van der Waals surface area (Å²) in [5.74, 6) is 0.706. The predicted octanol–water partition coefficient (Wildman–Crippen LogP) is 3.93. The van der Waals surface area contributed by atoms with Crippen LogP contribution in [0.4, 0.5) is 0 Å². The number of rotatable bonds is 9. The van der Waals surface area contributed by atoms with E-state index < -0.39 is 0 Å². The van der Waals surface area contributed by atoms with Crippen molar-refractivity contribution >= 4 is 63.1 Å². The van der Waals surface area contributed by atoms with Crippen LogP contribution in [0.3, 0.4) is 0 Å². The van der Waals surface area contributed by atoms with Gasteiger partial charge in [-0.15, -0.1) is 0 Å². The highest BCUT2D eigenvalue weighted by Crippen LogP contribution is 2.26. The number of hydrogen-bond acceptors (Lipinski definition) is 3. The number of ether oxygens (including phenoxy) is 1. The molecule has 1 unspecified atom stereocenters. The number of nitrogens with zero attached hydrogens (tertiary/aromatic N) is 2. The molecule has 0 saturated carbocycles. The molecule has 0 radical (unpaired) electrons. The molecule has 1 atom stereocenters. The molecule has 0 fully saturated rings. The molecule has 1 aromatic carbocycles. The van der Waals surface area contributed by atoms with Gasteiger partial charge in [-0.3, -0.25) is 0 Å². The van der Waals surface area contributed by atoms with Gasteiger partial charge in [-0.25, -0.2) is 0 Å². The Morgan fingerprint density at radius 1 is 1.29 bits per heavy atom. The predicted molar refractivity (Wildman–Crippen MR) is 116 cm³/mol. The van der Waals surface area contributed by atoms with Crippen molar-refractivity contribution in [1.82, 2.24) is 15.1 Å². The Bertz CT molecular complexity index is 534. The standard InChI is InChI=1S/C16H24Cl2IN3OS/c1-12(11-19)22(16(24)20-6-7-21(2)3)8-9-23-13-4-5-14(17)15(18)10-13/h4-5,10,12H,6-9,11H2,1-3H3,(H,20,24). The van der Waals surface area contributed by atoms with Crippen LogP contribution in [0.25, 0.3) is 0 Å². The zero-order valence-corrected chi connectivity index (χ0v) is 18.7. The lowest BCUT2D eigenvalue weighted by Crippen LogP contribution is -2.48.